The highest BCUT2D eigenvalue weighted by atomic mass is 32.1. The molecule has 1 aliphatic rings. The number of hydrogen-bond donors (Lipinski definition) is 4. The number of nitrogen functional groups attached to an aromatic ring is 1. The van der Waals surface area contributed by atoms with E-state index in [4.69, 9.17) is 11.1 Å². The molecule has 0 unspecified atom stereocenters. The van der Waals surface area contributed by atoms with Gasteiger partial charge in [0.15, 0.2) is 0 Å². The van der Waals surface area contributed by atoms with Crippen LogP contribution in [0.1, 0.15) is 52.5 Å². The number of amidine groups is 1. The Labute approximate surface area is 191 Å². The molecule has 1 aromatic carbocycles. The molecule has 0 radical (unpaired) electrons. The first-order valence-corrected chi connectivity index (χ1v) is 11.6. The SMILES string of the molecule is CCCc1ccc(C(=O)NCC(=O)N2CCC[C@H]2C(=O)NCc2cc(C(=N)N)cs2)cc1. The first-order chi connectivity index (χ1) is 15.4. The number of amides is 3. The molecule has 2 heterocycles. The van der Waals surface area contributed by atoms with Crippen LogP contribution in [0.15, 0.2) is 35.7 Å². The highest BCUT2D eigenvalue weighted by molar-refractivity contribution is 7.10. The number of rotatable bonds is 9. The molecule has 32 heavy (non-hydrogen) atoms. The second-order valence-electron chi connectivity index (χ2n) is 7.81. The van der Waals surface area contributed by atoms with E-state index in [0.717, 1.165) is 24.1 Å². The zero-order valence-corrected chi connectivity index (χ0v) is 19.0. The van der Waals surface area contributed by atoms with Gasteiger partial charge in [-0.3, -0.25) is 19.8 Å². The third-order valence-corrected chi connectivity index (χ3v) is 6.37. The minimum absolute atomic E-state index is 0.00894. The summed E-state index contributed by atoms with van der Waals surface area (Å²) in [6.45, 7) is 2.77. The molecule has 0 spiro atoms. The average molecular weight is 456 g/mol. The summed E-state index contributed by atoms with van der Waals surface area (Å²) < 4.78 is 0. The van der Waals surface area contributed by atoms with Gasteiger partial charge >= 0.3 is 0 Å². The molecule has 170 valence electrons. The zero-order chi connectivity index (χ0) is 23.1. The van der Waals surface area contributed by atoms with Crippen LogP contribution < -0.4 is 16.4 Å². The molecule has 0 saturated carbocycles. The van der Waals surface area contributed by atoms with Crippen LogP contribution in [0.5, 0.6) is 0 Å². The molecule has 1 saturated heterocycles. The Morgan fingerprint density at radius 2 is 1.94 bits per heavy atom. The molecule has 9 heteroatoms. The third kappa shape index (κ3) is 5.94. The van der Waals surface area contributed by atoms with E-state index in [9.17, 15) is 14.4 Å². The number of carbonyl (C=O) groups is 3. The van der Waals surface area contributed by atoms with Gasteiger partial charge in [0.25, 0.3) is 5.91 Å². The maximum Gasteiger partial charge on any atom is 0.251 e. The topological polar surface area (TPSA) is 128 Å². The number of benzene rings is 1. The summed E-state index contributed by atoms with van der Waals surface area (Å²) in [5, 5.41) is 14.8. The molecule has 8 nitrogen and oxygen atoms in total. The van der Waals surface area contributed by atoms with E-state index < -0.39 is 6.04 Å². The monoisotopic (exact) mass is 455 g/mol. The van der Waals surface area contributed by atoms with Crippen molar-refractivity contribution < 1.29 is 14.4 Å². The van der Waals surface area contributed by atoms with E-state index in [1.165, 1.54) is 21.8 Å². The van der Waals surface area contributed by atoms with E-state index in [2.05, 4.69) is 17.6 Å². The largest absolute Gasteiger partial charge is 0.384 e. The maximum absolute atomic E-state index is 12.7. The van der Waals surface area contributed by atoms with Gasteiger partial charge in [-0.2, -0.15) is 0 Å². The summed E-state index contributed by atoms with van der Waals surface area (Å²) in [7, 11) is 0. The average Bonchev–Trinajstić information content (AvgIpc) is 3.46. The van der Waals surface area contributed by atoms with Gasteiger partial charge in [-0.05, 0) is 43.0 Å². The van der Waals surface area contributed by atoms with Crippen molar-refractivity contribution in [2.45, 2.75) is 45.2 Å². The summed E-state index contributed by atoms with van der Waals surface area (Å²) >= 11 is 1.42. The van der Waals surface area contributed by atoms with Crippen molar-refractivity contribution in [2.24, 2.45) is 5.73 Å². The first kappa shape index (κ1) is 23.5. The van der Waals surface area contributed by atoms with Crippen LogP contribution in [-0.2, 0) is 22.6 Å². The standard InChI is InChI=1S/C23H29N5O3S/c1-2-4-15-6-8-16(9-7-15)22(30)27-13-20(29)28-10-3-5-19(28)23(31)26-12-18-11-17(14-32-18)21(24)25/h6-9,11,14,19H,2-5,10,12-13H2,1H3,(H3,24,25)(H,26,31)(H,27,30)/t19-/m0/s1. The van der Waals surface area contributed by atoms with Crippen LogP contribution in [0, 0.1) is 5.41 Å². The van der Waals surface area contributed by atoms with E-state index in [1.807, 2.05) is 12.1 Å². The summed E-state index contributed by atoms with van der Waals surface area (Å²) in [6, 6.07) is 8.61. The highest BCUT2D eigenvalue weighted by Crippen LogP contribution is 2.19. The van der Waals surface area contributed by atoms with Crippen molar-refractivity contribution in [3.63, 3.8) is 0 Å². The fraction of sp³-hybridized carbons (Fsp3) is 0.391. The van der Waals surface area contributed by atoms with E-state index in [0.29, 0.717) is 30.6 Å². The second kappa shape index (κ2) is 10.9. The van der Waals surface area contributed by atoms with Gasteiger partial charge < -0.3 is 21.3 Å². The van der Waals surface area contributed by atoms with Gasteiger partial charge in [0.2, 0.25) is 11.8 Å². The number of thiophene rings is 1. The number of hydrogen-bond acceptors (Lipinski definition) is 5. The van der Waals surface area contributed by atoms with E-state index in [-0.39, 0.29) is 30.1 Å². The lowest BCUT2D eigenvalue weighted by Crippen LogP contribution is -2.48. The van der Waals surface area contributed by atoms with E-state index in [1.54, 1.807) is 23.6 Å². The van der Waals surface area contributed by atoms with Gasteiger partial charge in [-0.25, -0.2) is 0 Å². The Morgan fingerprint density at radius 3 is 2.59 bits per heavy atom. The highest BCUT2D eigenvalue weighted by Gasteiger charge is 2.33. The molecule has 3 rings (SSSR count). The Balaban J connectivity index is 1.50. The molecule has 0 bridgehead atoms. The lowest BCUT2D eigenvalue weighted by molar-refractivity contribution is -0.137. The van der Waals surface area contributed by atoms with Crippen molar-refractivity contribution >= 4 is 34.9 Å². The molecular weight excluding hydrogens is 426 g/mol. The quantitative estimate of drug-likeness (QED) is 0.341. The molecular formula is C23H29N5O3S. The fourth-order valence-electron chi connectivity index (χ4n) is 3.72. The smallest absolute Gasteiger partial charge is 0.251 e. The van der Waals surface area contributed by atoms with Gasteiger partial charge in [0.1, 0.15) is 11.9 Å². The molecule has 2 aromatic rings. The van der Waals surface area contributed by atoms with Crippen molar-refractivity contribution in [3.8, 4) is 0 Å². The molecule has 0 aliphatic carbocycles. The van der Waals surface area contributed by atoms with Gasteiger partial charge in [-0.15, -0.1) is 11.3 Å². The molecule has 1 atom stereocenters. The Morgan fingerprint density at radius 1 is 1.19 bits per heavy atom. The van der Waals surface area contributed by atoms with Gasteiger partial charge in [0, 0.05) is 27.9 Å². The van der Waals surface area contributed by atoms with Crippen LogP contribution >= 0.6 is 11.3 Å². The van der Waals surface area contributed by atoms with Gasteiger partial charge in [0.05, 0.1) is 13.1 Å². The lowest BCUT2D eigenvalue weighted by Gasteiger charge is -2.24. The van der Waals surface area contributed by atoms with Crippen LogP contribution in [-0.4, -0.2) is 47.6 Å². The van der Waals surface area contributed by atoms with Crippen molar-refractivity contribution in [3.05, 3.63) is 57.3 Å². The fourth-order valence-corrected chi connectivity index (χ4v) is 4.54. The molecule has 1 fully saturated rings. The van der Waals surface area contributed by atoms with Crippen LogP contribution in [0.4, 0.5) is 0 Å². The molecule has 5 N–H and O–H groups in total. The van der Waals surface area contributed by atoms with E-state index >= 15 is 0 Å². The number of aryl methyl sites for hydroxylation is 1. The Kier molecular flexibility index (Phi) is 7.99. The van der Waals surface area contributed by atoms with Crippen molar-refractivity contribution in [1.82, 2.24) is 15.5 Å². The second-order valence-corrected chi connectivity index (χ2v) is 8.80. The summed E-state index contributed by atoms with van der Waals surface area (Å²) in [5.41, 5.74) is 7.78. The van der Waals surface area contributed by atoms with Crippen molar-refractivity contribution in [2.75, 3.05) is 13.1 Å². The number of nitrogens with one attached hydrogen (secondary N) is 3. The molecule has 1 aromatic heterocycles. The summed E-state index contributed by atoms with van der Waals surface area (Å²) in [4.78, 5) is 40.1. The number of carbonyl (C=O) groups excluding carboxylic acids is 3. The Bertz CT molecular complexity index is 986. The normalized spacial score (nSPS) is 15.4. The first-order valence-electron chi connectivity index (χ1n) is 10.7. The zero-order valence-electron chi connectivity index (χ0n) is 18.1. The molecule has 3 amide bonds. The summed E-state index contributed by atoms with van der Waals surface area (Å²) in [5.74, 6) is -0.800. The minimum atomic E-state index is -0.542. The predicted octanol–water partition coefficient (Wildman–Crippen LogP) is 2.02. The van der Waals surface area contributed by atoms with Gasteiger partial charge in [-0.1, -0.05) is 25.5 Å². The van der Waals surface area contributed by atoms with Crippen molar-refractivity contribution in [1.29, 1.82) is 5.41 Å². The lowest BCUT2D eigenvalue weighted by atomic mass is 10.1. The maximum atomic E-state index is 12.7. The number of nitrogens with two attached hydrogens (primary N) is 1. The predicted molar refractivity (Wildman–Crippen MR) is 125 cm³/mol. The van der Waals surface area contributed by atoms with Crippen LogP contribution in [0.25, 0.3) is 0 Å². The number of nitrogens with zero attached hydrogens (tertiary/aromatic N) is 1. The van der Waals surface area contributed by atoms with Crippen LogP contribution in [0.3, 0.4) is 0 Å². The third-order valence-electron chi connectivity index (χ3n) is 5.43. The molecule has 1 aliphatic heterocycles. The van der Waals surface area contributed by atoms with Crippen LogP contribution in [0.2, 0.25) is 0 Å². The minimum Gasteiger partial charge on any atom is -0.384 e. The number of likely N-dealkylation sites (tertiary alicyclic amines) is 1. The summed E-state index contributed by atoms with van der Waals surface area (Å²) in [6.07, 6.45) is 3.33. The Hall–Kier alpha value is -3.20.